The van der Waals surface area contributed by atoms with Gasteiger partial charge in [0.1, 0.15) is 0 Å². The van der Waals surface area contributed by atoms with Crippen molar-refractivity contribution >= 4 is 5.97 Å². The number of fused-ring (bicyclic) bond motifs is 9. The van der Waals surface area contributed by atoms with Crippen LogP contribution in [0.5, 0.6) is 0 Å². The lowest BCUT2D eigenvalue weighted by molar-refractivity contribution is -0.354. The number of hydrogen-bond acceptors (Lipinski definition) is 3. The smallest absolute Gasteiger partial charge is 0.309 e. The Hall–Kier alpha value is -0.870. The summed E-state index contributed by atoms with van der Waals surface area (Å²) in [4.78, 5) is 12.9. The zero-order valence-electron chi connectivity index (χ0n) is 24.6. The lowest BCUT2D eigenvalue weighted by Crippen LogP contribution is -2.69. The van der Waals surface area contributed by atoms with Gasteiger partial charge < -0.3 is 14.6 Å². The SMILES string of the molecule is C=C(C)[C@@H]1CC[C@]2(C(=O)O)CC[C@]3(C)[C@H](CC[C@@H]4[C@@]5(C)CC[C@H]6OC(C)(C)OC[C@@]6(C)[C@@H]5CC[C@]43C)[C@@H]12. The molecule has 1 aliphatic heterocycles. The van der Waals surface area contributed by atoms with Crippen LogP contribution in [0.3, 0.4) is 0 Å². The van der Waals surface area contributed by atoms with E-state index in [1.165, 1.54) is 37.7 Å². The van der Waals surface area contributed by atoms with Crippen molar-refractivity contribution in [2.75, 3.05) is 6.61 Å². The predicted octanol–water partition coefficient (Wildman–Crippen LogP) is 7.86. The zero-order valence-corrected chi connectivity index (χ0v) is 24.6. The number of aliphatic carboxylic acids is 1. The van der Waals surface area contributed by atoms with Crippen LogP contribution in [-0.2, 0) is 14.3 Å². The molecule has 0 aromatic heterocycles. The van der Waals surface area contributed by atoms with Crippen molar-refractivity contribution in [2.24, 2.45) is 56.7 Å². The third-order valence-corrected chi connectivity index (χ3v) is 14.4. The van der Waals surface area contributed by atoms with Gasteiger partial charge in [-0.3, -0.25) is 4.79 Å². The van der Waals surface area contributed by atoms with Gasteiger partial charge in [0.05, 0.1) is 18.1 Å². The average Bonchev–Trinajstić information content (AvgIpc) is 3.21. The third-order valence-electron chi connectivity index (χ3n) is 14.4. The Morgan fingerprint density at radius 2 is 1.54 bits per heavy atom. The van der Waals surface area contributed by atoms with E-state index in [1.54, 1.807) is 0 Å². The minimum Gasteiger partial charge on any atom is -0.481 e. The van der Waals surface area contributed by atoms with Gasteiger partial charge in [-0.1, -0.05) is 39.8 Å². The maximum Gasteiger partial charge on any atom is 0.309 e. The fourth-order valence-corrected chi connectivity index (χ4v) is 12.4. The summed E-state index contributed by atoms with van der Waals surface area (Å²) in [6.07, 6.45) is 11.3. The van der Waals surface area contributed by atoms with E-state index in [-0.39, 0.29) is 33.7 Å². The average molecular weight is 513 g/mol. The zero-order chi connectivity index (χ0) is 26.8. The van der Waals surface area contributed by atoms with Crippen molar-refractivity contribution in [1.82, 2.24) is 0 Å². The van der Waals surface area contributed by atoms with Crippen LogP contribution in [0, 0.1) is 56.7 Å². The molecule has 11 atom stereocenters. The first kappa shape index (κ1) is 26.4. The Kier molecular flexibility index (Phi) is 5.60. The van der Waals surface area contributed by atoms with Gasteiger partial charge >= 0.3 is 5.97 Å². The fourth-order valence-electron chi connectivity index (χ4n) is 12.4. The molecule has 5 saturated carbocycles. The number of rotatable bonds is 2. The lowest BCUT2D eigenvalue weighted by Gasteiger charge is -2.73. The van der Waals surface area contributed by atoms with Crippen LogP contribution in [-0.4, -0.2) is 29.6 Å². The molecule has 4 nitrogen and oxygen atoms in total. The second-order valence-corrected chi connectivity index (χ2v) is 16.0. The first-order valence-corrected chi connectivity index (χ1v) is 15.4. The molecule has 1 saturated heterocycles. The molecule has 0 aromatic carbocycles. The summed E-state index contributed by atoms with van der Waals surface area (Å²) >= 11 is 0. The van der Waals surface area contributed by atoms with Crippen LogP contribution in [0.2, 0.25) is 0 Å². The molecular formula is C33H52O4. The Morgan fingerprint density at radius 3 is 2.22 bits per heavy atom. The van der Waals surface area contributed by atoms with Gasteiger partial charge in [0.2, 0.25) is 0 Å². The van der Waals surface area contributed by atoms with E-state index in [0.29, 0.717) is 23.7 Å². The lowest BCUT2D eigenvalue weighted by atomic mass is 9.32. The largest absolute Gasteiger partial charge is 0.481 e. The topological polar surface area (TPSA) is 55.8 Å². The number of carboxylic acid groups (broad SMARTS) is 1. The summed E-state index contributed by atoms with van der Waals surface area (Å²) in [5.74, 6) is 1.38. The minimum absolute atomic E-state index is 0.0725. The Morgan fingerprint density at radius 1 is 0.811 bits per heavy atom. The van der Waals surface area contributed by atoms with Gasteiger partial charge in [-0.25, -0.2) is 0 Å². The molecule has 0 amide bonds. The Labute approximate surface area is 225 Å². The number of carboxylic acids is 1. The van der Waals surface area contributed by atoms with Crippen LogP contribution in [0.1, 0.15) is 113 Å². The quantitative estimate of drug-likeness (QED) is 0.383. The van der Waals surface area contributed by atoms with Crippen molar-refractivity contribution in [3.63, 3.8) is 0 Å². The molecule has 1 N–H and O–H groups in total. The third kappa shape index (κ3) is 3.18. The number of carbonyl (C=O) groups is 1. The highest BCUT2D eigenvalue weighted by atomic mass is 16.7. The van der Waals surface area contributed by atoms with Gasteiger partial charge in [-0.15, -0.1) is 0 Å². The molecule has 37 heavy (non-hydrogen) atoms. The van der Waals surface area contributed by atoms with Crippen molar-refractivity contribution in [2.45, 2.75) is 125 Å². The van der Waals surface area contributed by atoms with Crippen LogP contribution in [0.15, 0.2) is 12.2 Å². The number of hydrogen-bond donors (Lipinski definition) is 1. The van der Waals surface area contributed by atoms with Crippen molar-refractivity contribution in [3.8, 4) is 0 Å². The van der Waals surface area contributed by atoms with Crippen LogP contribution in [0.4, 0.5) is 0 Å². The van der Waals surface area contributed by atoms with Crippen LogP contribution >= 0.6 is 0 Å². The van der Waals surface area contributed by atoms with Crippen molar-refractivity contribution in [3.05, 3.63) is 12.2 Å². The van der Waals surface area contributed by atoms with Crippen molar-refractivity contribution in [1.29, 1.82) is 0 Å². The van der Waals surface area contributed by atoms with E-state index < -0.39 is 17.2 Å². The Balaban J connectivity index is 1.37. The van der Waals surface area contributed by atoms with E-state index in [2.05, 4.69) is 55.0 Å². The summed E-state index contributed by atoms with van der Waals surface area (Å²) in [7, 11) is 0. The minimum atomic E-state index is -0.535. The van der Waals surface area contributed by atoms with E-state index in [0.717, 1.165) is 38.7 Å². The Bertz CT molecular complexity index is 1000. The summed E-state index contributed by atoms with van der Waals surface area (Å²) < 4.78 is 12.9. The van der Waals surface area contributed by atoms with Crippen LogP contribution in [0.25, 0.3) is 0 Å². The van der Waals surface area contributed by atoms with Gasteiger partial charge in [-0.05, 0) is 131 Å². The molecule has 0 aromatic rings. The van der Waals surface area contributed by atoms with Gasteiger partial charge in [0, 0.05) is 5.41 Å². The fraction of sp³-hybridized carbons (Fsp3) is 0.909. The predicted molar refractivity (Wildman–Crippen MR) is 146 cm³/mol. The molecule has 6 fully saturated rings. The highest BCUT2D eigenvalue weighted by Crippen LogP contribution is 2.77. The first-order valence-electron chi connectivity index (χ1n) is 15.4. The normalized spacial score (nSPS) is 56.2. The maximum absolute atomic E-state index is 12.9. The number of ether oxygens (including phenoxy) is 2. The van der Waals surface area contributed by atoms with Gasteiger partial charge in [-0.2, -0.15) is 0 Å². The summed E-state index contributed by atoms with van der Waals surface area (Å²) in [5, 5.41) is 10.6. The monoisotopic (exact) mass is 512 g/mol. The van der Waals surface area contributed by atoms with Crippen molar-refractivity contribution < 1.29 is 19.4 Å². The molecule has 0 spiro atoms. The summed E-state index contributed by atoms with van der Waals surface area (Å²) in [6.45, 7) is 21.8. The second kappa shape index (κ2) is 7.87. The molecule has 0 bridgehead atoms. The molecule has 0 unspecified atom stereocenters. The van der Waals surface area contributed by atoms with Gasteiger partial charge in [0.25, 0.3) is 0 Å². The standard InChI is InChI=1S/C33H52O4/c1-20(2)21-11-16-33(27(34)35)18-17-31(7)22(26(21)33)9-10-24-29(5)14-13-25-30(6,19-36-28(3,4)37-25)23(29)12-15-32(24,31)8/h21-26H,1,9-19H2,2-8H3,(H,34,35)/t21-,22+,23+,24+,25+,26+,29-,30-,31+,32+,33-/m0/s1. The first-order chi connectivity index (χ1) is 17.1. The molecule has 6 aliphatic rings. The van der Waals surface area contributed by atoms with Crippen LogP contribution < -0.4 is 0 Å². The maximum atomic E-state index is 12.9. The molecule has 6 rings (SSSR count). The second-order valence-electron chi connectivity index (χ2n) is 16.0. The van der Waals surface area contributed by atoms with Gasteiger partial charge in [0.15, 0.2) is 5.79 Å². The van der Waals surface area contributed by atoms with E-state index in [9.17, 15) is 9.90 Å². The van der Waals surface area contributed by atoms with E-state index in [4.69, 9.17) is 9.47 Å². The molecule has 5 aliphatic carbocycles. The molecule has 208 valence electrons. The summed E-state index contributed by atoms with van der Waals surface area (Å²) in [6, 6.07) is 0. The molecular weight excluding hydrogens is 460 g/mol. The number of allylic oxidation sites excluding steroid dienone is 1. The molecule has 1 heterocycles. The molecule has 0 radical (unpaired) electrons. The summed E-state index contributed by atoms with van der Waals surface area (Å²) in [5.41, 5.74) is 1.46. The van der Waals surface area contributed by atoms with E-state index in [1.807, 2.05) is 0 Å². The highest BCUT2D eigenvalue weighted by Gasteiger charge is 2.72. The highest BCUT2D eigenvalue weighted by molar-refractivity contribution is 5.76. The van der Waals surface area contributed by atoms with E-state index >= 15 is 0 Å². The molecule has 4 heteroatoms.